The molecule has 1 N–H and O–H groups in total. The number of hydrogen-bond donors (Lipinski definition) is 1. The SMILES string of the molecule is C=CCSc1ccccc1NC(C)C(=O)OC. The van der Waals surface area contributed by atoms with E-state index in [0.717, 1.165) is 16.3 Å². The van der Waals surface area contributed by atoms with Crippen LogP contribution in [-0.4, -0.2) is 24.9 Å². The molecule has 1 rings (SSSR count). The number of thioether (sulfide) groups is 1. The molecule has 1 atom stereocenters. The highest BCUT2D eigenvalue weighted by Crippen LogP contribution is 2.27. The summed E-state index contributed by atoms with van der Waals surface area (Å²) in [5.74, 6) is 0.569. The molecule has 92 valence electrons. The van der Waals surface area contributed by atoms with Gasteiger partial charge in [0.05, 0.1) is 7.11 Å². The molecule has 0 aliphatic heterocycles. The Hall–Kier alpha value is -1.42. The predicted molar refractivity (Wildman–Crippen MR) is 72.5 cm³/mol. The van der Waals surface area contributed by atoms with Gasteiger partial charge in [-0.1, -0.05) is 18.2 Å². The number of hydrogen-bond acceptors (Lipinski definition) is 4. The minimum absolute atomic E-state index is 0.270. The highest BCUT2D eigenvalue weighted by atomic mass is 32.2. The van der Waals surface area contributed by atoms with E-state index in [9.17, 15) is 4.79 Å². The van der Waals surface area contributed by atoms with Crippen molar-refractivity contribution in [3.63, 3.8) is 0 Å². The highest BCUT2D eigenvalue weighted by molar-refractivity contribution is 7.99. The van der Waals surface area contributed by atoms with E-state index in [2.05, 4.69) is 16.6 Å². The summed E-state index contributed by atoms with van der Waals surface area (Å²) in [7, 11) is 1.39. The number of para-hydroxylation sites is 1. The van der Waals surface area contributed by atoms with Gasteiger partial charge in [-0.3, -0.25) is 0 Å². The standard InChI is InChI=1S/C13H17NO2S/c1-4-9-17-12-8-6-5-7-11(12)14-10(2)13(15)16-3/h4-8,10,14H,1,9H2,2-3H3. The second kappa shape index (κ2) is 7.01. The lowest BCUT2D eigenvalue weighted by Crippen LogP contribution is -2.27. The van der Waals surface area contributed by atoms with Gasteiger partial charge in [0.25, 0.3) is 0 Å². The average molecular weight is 251 g/mol. The lowest BCUT2D eigenvalue weighted by atomic mass is 10.2. The van der Waals surface area contributed by atoms with Crippen LogP contribution in [0.1, 0.15) is 6.92 Å². The van der Waals surface area contributed by atoms with Gasteiger partial charge in [-0.15, -0.1) is 18.3 Å². The maximum Gasteiger partial charge on any atom is 0.327 e. The van der Waals surface area contributed by atoms with Crippen molar-refractivity contribution in [1.82, 2.24) is 0 Å². The Balaban J connectivity index is 2.75. The first-order valence-corrected chi connectivity index (χ1v) is 6.34. The average Bonchev–Trinajstić information content (AvgIpc) is 2.36. The van der Waals surface area contributed by atoms with E-state index in [1.807, 2.05) is 30.3 Å². The molecular formula is C13H17NO2S. The minimum atomic E-state index is -0.356. The van der Waals surface area contributed by atoms with Gasteiger partial charge in [-0.25, -0.2) is 4.79 Å². The first-order chi connectivity index (χ1) is 8.19. The van der Waals surface area contributed by atoms with E-state index in [1.54, 1.807) is 18.7 Å². The Bertz CT molecular complexity index is 393. The first-order valence-electron chi connectivity index (χ1n) is 5.36. The molecule has 17 heavy (non-hydrogen) atoms. The van der Waals surface area contributed by atoms with E-state index in [0.29, 0.717) is 0 Å². The van der Waals surface area contributed by atoms with Crippen LogP contribution in [0.25, 0.3) is 0 Å². The monoisotopic (exact) mass is 251 g/mol. The number of nitrogens with one attached hydrogen (secondary N) is 1. The Kier molecular flexibility index (Phi) is 5.63. The second-order valence-electron chi connectivity index (χ2n) is 3.49. The van der Waals surface area contributed by atoms with Gasteiger partial charge in [0, 0.05) is 16.3 Å². The van der Waals surface area contributed by atoms with Crippen molar-refractivity contribution in [1.29, 1.82) is 0 Å². The molecule has 1 unspecified atom stereocenters. The Morgan fingerprint density at radius 2 is 2.29 bits per heavy atom. The number of esters is 1. The molecular weight excluding hydrogens is 234 g/mol. The third kappa shape index (κ3) is 4.15. The summed E-state index contributed by atoms with van der Waals surface area (Å²) in [5, 5.41) is 3.14. The molecule has 1 aromatic rings. The van der Waals surface area contributed by atoms with Crippen molar-refractivity contribution in [2.75, 3.05) is 18.2 Å². The number of carbonyl (C=O) groups excluding carboxylic acids is 1. The number of ether oxygens (including phenoxy) is 1. The number of carbonyl (C=O) groups is 1. The molecule has 3 nitrogen and oxygen atoms in total. The normalized spacial score (nSPS) is 11.6. The van der Waals surface area contributed by atoms with Crippen LogP contribution in [0.4, 0.5) is 5.69 Å². The van der Waals surface area contributed by atoms with Crippen LogP contribution < -0.4 is 5.32 Å². The zero-order chi connectivity index (χ0) is 12.7. The van der Waals surface area contributed by atoms with Crippen LogP contribution in [-0.2, 0) is 9.53 Å². The van der Waals surface area contributed by atoms with Gasteiger partial charge in [0.15, 0.2) is 0 Å². The van der Waals surface area contributed by atoms with Gasteiger partial charge < -0.3 is 10.1 Å². The molecule has 0 spiro atoms. The van der Waals surface area contributed by atoms with Crippen LogP contribution in [0, 0.1) is 0 Å². The maximum absolute atomic E-state index is 11.3. The van der Waals surface area contributed by atoms with Gasteiger partial charge in [-0.2, -0.15) is 0 Å². The third-order valence-electron chi connectivity index (χ3n) is 2.17. The zero-order valence-electron chi connectivity index (χ0n) is 10.1. The van der Waals surface area contributed by atoms with Gasteiger partial charge in [0.1, 0.15) is 6.04 Å². The van der Waals surface area contributed by atoms with Gasteiger partial charge in [0.2, 0.25) is 0 Å². The van der Waals surface area contributed by atoms with E-state index < -0.39 is 0 Å². The van der Waals surface area contributed by atoms with Crippen LogP contribution in [0.5, 0.6) is 0 Å². The van der Waals surface area contributed by atoms with Crippen molar-refractivity contribution in [2.45, 2.75) is 17.9 Å². The summed E-state index contributed by atoms with van der Waals surface area (Å²) >= 11 is 1.68. The lowest BCUT2D eigenvalue weighted by Gasteiger charge is -2.15. The molecule has 0 heterocycles. The fraction of sp³-hybridized carbons (Fsp3) is 0.308. The predicted octanol–water partition coefficient (Wildman–Crippen LogP) is 2.94. The van der Waals surface area contributed by atoms with Gasteiger partial charge in [-0.05, 0) is 19.1 Å². The molecule has 0 saturated carbocycles. The van der Waals surface area contributed by atoms with Crippen LogP contribution in [0.3, 0.4) is 0 Å². The topological polar surface area (TPSA) is 38.3 Å². The number of rotatable bonds is 6. The third-order valence-corrected chi connectivity index (χ3v) is 3.24. The molecule has 0 fully saturated rings. The summed E-state index contributed by atoms with van der Waals surface area (Å²) in [6, 6.07) is 7.51. The molecule has 0 aliphatic rings. The maximum atomic E-state index is 11.3. The van der Waals surface area contributed by atoms with Crippen molar-refractivity contribution >= 4 is 23.4 Å². The summed E-state index contributed by atoms with van der Waals surface area (Å²) in [5.41, 5.74) is 0.942. The molecule has 0 saturated heterocycles. The number of benzene rings is 1. The fourth-order valence-electron chi connectivity index (χ4n) is 1.33. The number of methoxy groups -OCH3 is 1. The van der Waals surface area contributed by atoms with E-state index in [1.165, 1.54) is 7.11 Å². The van der Waals surface area contributed by atoms with Crippen molar-refractivity contribution < 1.29 is 9.53 Å². The molecule has 0 amide bonds. The molecule has 0 radical (unpaired) electrons. The summed E-state index contributed by atoms with van der Waals surface area (Å²) in [4.78, 5) is 12.4. The van der Waals surface area contributed by atoms with E-state index in [-0.39, 0.29) is 12.0 Å². The minimum Gasteiger partial charge on any atom is -0.467 e. The zero-order valence-corrected chi connectivity index (χ0v) is 10.9. The largest absolute Gasteiger partial charge is 0.467 e. The lowest BCUT2D eigenvalue weighted by molar-refractivity contribution is -0.141. The highest BCUT2D eigenvalue weighted by Gasteiger charge is 2.13. The quantitative estimate of drug-likeness (QED) is 0.479. The van der Waals surface area contributed by atoms with Crippen molar-refractivity contribution in [2.24, 2.45) is 0 Å². The summed E-state index contributed by atoms with van der Waals surface area (Å²) in [6.45, 7) is 5.47. The Labute approximate surface area is 106 Å². The van der Waals surface area contributed by atoms with Crippen LogP contribution in [0.2, 0.25) is 0 Å². The Morgan fingerprint density at radius 1 is 1.59 bits per heavy atom. The molecule has 1 aromatic carbocycles. The van der Waals surface area contributed by atoms with Gasteiger partial charge >= 0.3 is 5.97 Å². The second-order valence-corrected chi connectivity index (χ2v) is 4.55. The van der Waals surface area contributed by atoms with E-state index in [4.69, 9.17) is 0 Å². The van der Waals surface area contributed by atoms with E-state index >= 15 is 0 Å². The first kappa shape index (κ1) is 13.6. The Morgan fingerprint density at radius 3 is 2.94 bits per heavy atom. The molecule has 0 aliphatic carbocycles. The smallest absolute Gasteiger partial charge is 0.327 e. The van der Waals surface area contributed by atoms with Crippen LogP contribution in [0.15, 0.2) is 41.8 Å². The van der Waals surface area contributed by atoms with Crippen molar-refractivity contribution in [3.05, 3.63) is 36.9 Å². The summed E-state index contributed by atoms with van der Waals surface area (Å²) < 4.78 is 4.68. The van der Waals surface area contributed by atoms with Crippen LogP contribution >= 0.6 is 11.8 Å². The fourth-order valence-corrected chi connectivity index (χ4v) is 2.08. The molecule has 0 aromatic heterocycles. The van der Waals surface area contributed by atoms with Crippen molar-refractivity contribution in [3.8, 4) is 0 Å². The summed E-state index contributed by atoms with van der Waals surface area (Å²) in [6.07, 6.45) is 1.85. The molecule has 0 bridgehead atoms. The molecule has 4 heteroatoms. The number of anilines is 1.